The molecule has 6 rings (SSSR count). The predicted octanol–water partition coefficient (Wildman–Crippen LogP) is 6.31. The van der Waals surface area contributed by atoms with E-state index in [9.17, 15) is 29.7 Å². The SMILES string of the molecule is C=C(CN[C@@H](CC(=O)O)C(=O)N[C@@H](Cc1ccccc1)C(=O)OC)[C@@H]1CC[C@]2(CO)CC[C@]3(C)[C@H](CC[C@@H]4[C@@]5(C)CC[C@H](O)C(C)(C)[C@@H]5CC[C@]43C)[C@@H]12. The third-order valence-electron chi connectivity index (χ3n) is 16.8. The molecule has 0 radical (unpaired) electrons. The summed E-state index contributed by atoms with van der Waals surface area (Å²) in [4.78, 5) is 38.3. The van der Waals surface area contributed by atoms with Gasteiger partial charge in [0.2, 0.25) is 5.91 Å². The number of aliphatic carboxylic acids is 1. The van der Waals surface area contributed by atoms with Crippen molar-refractivity contribution in [3.8, 4) is 0 Å². The highest BCUT2D eigenvalue weighted by Crippen LogP contribution is 2.77. The molecule has 5 aliphatic rings. The zero-order valence-electron chi connectivity index (χ0n) is 33.1. The summed E-state index contributed by atoms with van der Waals surface area (Å²) in [6.07, 6.45) is 10.0. The van der Waals surface area contributed by atoms with Crippen molar-refractivity contribution in [1.29, 1.82) is 0 Å². The Morgan fingerprint density at radius 2 is 1.60 bits per heavy atom. The summed E-state index contributed by atoms with van der Waals surface area (Å²) in [5, 5.41) is 38.0. The predicted molar refractivity (Wildman–Crippen MR) is 205 cm³/mol. The van der Waals surface area contributed by atoms with E-state index >= 15 is 0 Å². The molecule has 5 fully saturated rings. The Bertz CT molecular complexity index is 1550. The number of amides is 1. The van der Waals surface area contributed by atoms with Crippen LogP contribution < -0.4 is 10.6 Å². The second-order valence-electron chi connectivity index (χ2n) is 19.2. The highest BCUT2D eigenvalue weighted by Gasteiger charge is 2.70. The number of ether oxygens (including phenoxy) is 1. The molecule has 0 aromatic heterocycles. The van der Waals surface area contributed by atoms with E-state index in [1.165, 1.54) is 7.11 Å². The molecule has 5 aliphatic carbocycles. The van der Waals surface area contributed by atoms with Gasteiger partial charge >= 0.3 is 11.9 Å². The summed E-state index contributed by atoms with van der Waals surface area (Å²) in [5.41, 5.74) is 1.97. The van der Waals surface area contributed by atoms with Gasteiger partial charge in [-0.25, -0.2) is 4.79 Å². The maximum atomic E-state index is 13.6. The first-order valence-corrected chi connectivity index (χ1v) is 20.3. The molecule has 9 heteroatoms. The number of carboxylic acid groups (broad SMARTS) is 1. The first-order chi connectivity index (χ1) is 25.0. The Labute approximate surface area is 317 Å². The average Bonchev–Trinajstić information content (AvgIpc) is 3.52. The van der Waals surface area contributed by atoms with E-state index in [4.69, 9.17) is 4.74 Å². The van der Waals surface area contributed by atoms with Gasteiger partial charge in [0, 0.05) is 19.6 Å². The molecule has 0 heterocycles. The standard InChI is InChI=1S/C44H66N2O7/c1-27(25-45-31(24-36(49)50)38(51)46-32(39(52)53-7)23-28-11-9-8-10-12-28)29-15-20-44(26-47)22-21-42(5)30(37(29)44)13-14-34-41(4)18-17-35(48)40(2,3)33(41)16-19-43(34,42)6/h8-12,29-35,37,45,47-48H,1,13-26H2,2-7H3,(H,46,51)(H,49,50)/t29-,30+,31-,32-,33-,34+,35-,37+,41-,42+,43+,44+/m0/s1. The molecule has 0 saturated heterocycles. The summed E-state index contributed by atoms with van der Waals surface area (Å²) < 4.78 is 4.98. The van der Waals surface area contributed by atoms with Crippen molar-refractivity contribution in [2.45, 2.75) is 130 Å². The molecule has 5 N–H and O–H groups in total. The summed E-state index contributed by atoms with van der Waals surface area (Å²) in [6, 6.07) is 7.28. The van der Waals surface area contributed by atoms with E-state index in [1.807, 2.05) is 30.3 Å². The number of aliphatic hydroxyl groups excluding tert-OH is 2. The minimum atomic E-state index is -1.12. The topological polar surface area (TPSA) is 145 Å². The van der Waals surface area contributed by atoms with Gasteiger partial charge in [-0.05, 0) is 126 Å². The van der Waals surface area contributed by atoms with Gasteiger partial charge in [-0.3, -0.25) is 9.59 Å². The molecule has 294 valence electrons. The van der Waals surface area contributed by atoms with Crippen molar-refractivity contribution >= 4 is 17.8 Å². The van der Waals surface area contributed by atoms with Crippen LogP contribution in [0.1, 0.15) is 111 Å². The van der Waals surface area contributed by atoms with E-state index < -0.39 is 36.4 Å². The summed E-state index contributed by atoms with van der Waals surface area (Å²) in [7, 11) is 1.27. The lowest BCUT2D eigenvalue weighted by atomic mass is 9.32. The smallest absolute Gasteiger partial charge is 0.328 e. The van der Waals surface area contributed by atoms with Gasteiger partial charge in [0.15, 0.2) is 0 Å². The van der Waals surface area contributed by atoms with Crippen LogP contribution in [-0.2, 0) is 25.5 Å². The molecule has 1 aromatic rings. The molecular formula is C44H66N2O7. The average molecular weight is 735 g/mol. The minimum absolute atomic E-state index is 0.0938. The lowest BCUT2D eigenvalue weighted by molar-refractivity contribution is -0.249. The highest BCUT2D eigenvalue weighted by molar-refractivity contribution is 5.90. The summed E-state index contributed by atoms with van der Waals surface area (Å²) >= 11 is 0. The number of aliphatic hydroxyl groups is 2. The van der Waals surface area contributed by atoms with Gasteiger partial charge in [-0.15, -0.1) is 0 Å². The number of carbonyl (C=O) groups excluding carboxylic acids is 2. The fourth-order valence-electron chi connectivity index (χ4n) is 13.7. The van der Waals surface area contributed by atoms with Crippen LogP contribution in [0.3, 0.4) is 0 Å². The second kappa shape index (κ2) is 14.7. The third-order valence-corrected chi connectivity index (χ3v) is 16.8. The van der Waals surface area contributed by atoms with Crippen LogP contribution in [0.15, 0.2) is 42.5 Å². The van der Waals surface area contributed by atoms with Crippen LogP contribution in [0.5, 0.6) is 0 Å². The summed E-state index contributed by atoms with van der Waals surface area (Å²) in [5.74, 6) is -0.371. The minimum Gasteiger partial charge on any atom is -0.481 e. The number of hydrogen-bond donors (Lipinski definition) is 5. The highest BCUT2D eigenvalue weighted by atomic mass is 16.5. The van der Waals surface area contributed by atoms with E-state index in [2.05, 4.69) is 51.8 Å². The Hall–Kier alpha value is -2.75. The number of carbonyl (C=O) groups is 3. The first-order valence-electron chi connectivity index (χ1n) is 20.3. The Balaban J connectivity index is 1.20. The number of fused-ring (bicyclic) bond motifs is 7. The molecule has 5 saturated carbocycles. The van der Waals surface area contributed by atoms with Crippen LogP contribution in [0.2, 0.25) is 0 Å². The molecule has 1 amide bonds. The van der Waals surface area contributed by atoms with Crippen LogP contribution in [-0.4, -0.2) is 71.6 Å². The van der Waals surface area contributed by atoms with E-state index in [1.54, 1.807) is 0 Å². The molecule has 9 nitrogen and oxygen atoms in total. The van der Waals surface area contributed by atoms with Crippen LogP contribution in [0.4, 0.5) is 0 Å². The van der Waals surface area contributed by atoms with E-state index in [0.717, 1.165) is 75.3 Å². The van der Waals surface area contributed by atoms with Gasteiger partial charge in [0.05, 0.1) is 25.7 Å². The molecule has 1 aromatic carbocycles. The van der Waals surface area contributed by atoms with Crippen LogP contribution >= 0.6 is 0 Å². The van der Waals surface area contributed by atoms with Crippen molar-refractivity contribution < 1.29 is 34.4 Å². The van der Waals surface area contributed by atoms with Crippen molar-refractivity contribution in [3.63, 3.8) is 0 Å². The molecule has 12 atom stereocenters. The first kappa shape index (κ1) is 39.9. The Morgan fingerprint density at radius 1 is 0.887 bits per heavy atom. The van der Waals surface area contributed by atoms with Gasteiger partial charge in [0.25, 0.3) is 0 Å². The monoisotopic (exact) mass is 734 g/mol. The molecule has 53 heavy (non-hydrogen) atoms. The molecule has 0 spiro atoms. The van der Waals surface area contributed by atoms with Crippen LogP contribution in [0, 0.1) is 56.7 Å². The molecule has 0 bridgehead atoms. The van der Waals surface area contributed by atoms with Gasteiger partial charge in [0.1, 0.15) is 6.04 Å². The largest absolute Gasteiger partial charge is 0.481 e. The number of nitrogens with one attached hydrogen (secondary N) is 2. The number of hydrogen-bond acceptors (Lipinski definition) is 7. The van der Waals surface area contributed by atoms with Gasteiger partial charge < -0.3 is 30.7 Å². The third kappa shape index (κ3) is 6.68. The van der Waals surface area contributed by atoms with Crippen molar-refractivity contribution in [2.75, 3.05) is 20.3 Å². The molecule has 0 aliphatic heterocycles. The quantitative estimate of drug-likeness (QED) is 0.124. The van der Waals surface area contributed by atoms with Crippen molar-refractivity contribution in [3.05, 3.63) is 48.0 Å². The zero-order chi connectivity index (χ0) is 38.6. The lowest BCUT2D eigenvalue weighted by Crippen LogP contribution is -2.66. The zero-order valence-corrected chi connectivity index (χ0v) is 33.1. The number of esters is 1. The fraction of sp³-hybridized carbons (Fsp3) is 0.750. The fourth-order valence-corrected chi connectivity index (χ4v) is 13.7. The van der Waals surface area contributed by atoms with Gasteiger partial charge in [-0.1, -0.05) is 77.1 Å². The van der Waals surface area contributed by atoms with Crippen molar-refractivity contribution in [2.24, 2.45) is 56.7 Å². The normalized spacial score (nSPS) is 39.6. The number of benzene rings is 1. The lowest BCUT2D eigenvalue weighted by Gasteiger charge is -2.73. The Kier molecular flexibility index (Phi) is 11.1. The molecular weight excluding hydrogens is 668 g/mol. The number of methoxy groups -OCH3 is 1. The Morgan fingerprint density at radius 3 is 2.26 bits per heavy atom. The molecule has 0 unspecified atom stereocenters. The maximum Gasteiger partial charge on any atom is 0.328 e. The number of carboxylic acids is 1. The second-order valence-corrected chi connectivity index (χ2v) is 19.2. The van der Waals surface area contributed by atoms with Gasteiger partial charge in [-0.2, -0.15) is 0 Å². The number of rotatable bonds is 12. The van der Waals surface area contributed by atoms with E-state index in [-0.39, 0.29) is 64.6 Å². The van der Waals surface area contributed by atoms with Crippen molar-refractivity contribution in [1.82, 2.24) is 10.6 Å². The van der Waals surface area contributed by atoms with Crippen LogP contribution in [0.25, 0.3) is 0 Å². The van der Waals surface area contributed by atoms with E-state index in [0.29, 0.717) is 17.8 Å². The summed E-state index contributed by atoms with van der Waals surface area (Å²) in [6.45, 7) is 17.3. The maximum absolute atomic E-state index is 13.6.